The van der Waals surface area contributed by atoms with Crippen molar-refractivity contribution in [1.82, 2.24) is 19.8 Å². The maximum Gasteiger partial charge on any atom is 0.228 e. The zero-order chi connectivity index (χ0) is 20.0. The van der Waals surface area contributed by atoms with Crippen LogP contribution in [0.4, 0.5) is 0 Å². The second kappa shape index (κ2) is 7.15. The van der Waals surface area contributed by atoms with Gasteiger partial charge in [-0.2, -0.15) is 0 Å². The molecule has 2 bridgehead atoms. The fourth-order valence-corrected chi connectivity index (χ4v) is 5.76. The molecule has 3 heterocycles. The molecule has 0 radical (unpaired) electrons. The van der Waals surface area contributed by atoms with E-state index in [9.17, 15) is 9.59 Å². The third kappa shape index (κ3) is 2.95. The molecular weight excluding hydrogens is 364 g/mol. The van der Waals surface area contributed by atoms with Crippen LogP contribution in [0.3, 0.4) is 0 Å². The minimum Gasteiger partial charge on any atom is -0.353 e. The second-order valence-electron chi connectivity index (χ2n) is 9.04. The summed E-state index contributed by atoms with van der Waals surface area (Å²) in [5, 5.41) is 3.28. The summed E-state index contributed by atoms with van der Waals surface area (Å²) in [5.74, 6) is 0.373. The molecule has 3 aliphatic rings. The molecule has 1 aliphatic carbocycles. The Kier molecular flexibility index (Phi) is 4.60. The predicted octanol–water partition coefficient (Wildman–Crippen LogP) is 3.25. The van der Waals surface area contributed by atoms with E-state index in [2.05, 4.69) is 26.7 Å². The Morgan fingerprint density at radius 1 is 1.21 bits per heavy atom. The number of benzene rings is 1. The fourth-order valence-electron chi connectivity index (χ4n) is 5.76. The van der Waals surface area contributed by atoms with E-state index in [-0.39, 0.29) is 23.9 Å². The van der Waals surface area contributed by atoms with Crippen LogP contribution in [0.25, 0.3) is 11.0 Å². The van der Waals surface area contributed by atoms with Crippen molar-refractivity contribution < 1.29 is 9.59 Å². The highest BCUT2D eigenvalue weighted by atomic mass is 16.2. The van der Waals surface area contributed by atoms with Gasteiger partial charge in [-0.15, -0.1) is 0 Å². The van der Waals surface area contributed by atoms with Gasteiger partial charge in [0, 0.05) is 31.1 Å². The highest BCUT2D eigenvalue weighted by Gasteiger charge is 2.60. The summed E-state index contributed by atoms with van der Waals surface area (Å²) in [6.45, 7) is 2.74. The summed E-state index contributed by atoms with van der Waals surface area (Å²) >= 11 is 0. The van der Waals surface area contributed by atoms with Gasteiger partial charge in [0.25, 0.3) is 0 Å². The van der Waals surface area contributed by atoms with Gasteiger partial charge >= 0.3 is 0 Å². The van der Waals surface area contributed by atoms with Crippen LogP contribution in [0, 0.1) is 5.41 Å². The third-order valence-corrected chi connectivity index (χ3v) is 7.65. The number of carbonyl (C=O) groups excluding carboxylic acids is 2. The first-order valence-corrected chi connectivity index (χ1v) is 11.1. The Morgan fingerprint density at radius 2 is 2.03 bits per heavy atom. The first-order chi connectivity index (χ1) is 14.1. The molecule has 3 fully saturated rings. The zero-order valence-electron chi connectivity index (χ0n) is 17.1. The summed E-state index contributed by atoms with van der Waals surface area (Å²) in [4.78, 5) is 32.9. The van der Waals surface area contributed by atoms with E-state index in [1.54, 1.807) is 0 Å². The summed E-state index contributed by atoms with van der Waals surface area (Å²) < 4.78 is 2.06. The van der Waals surface area contributed by atoms with Crippen LogP contribution in [0.5, 0.6) is 0 Å². The van der Waals surface area contributed by atoms with Gasteiger partial charge in [0.15, 0.2) is 0 Å². The van der Waals surface area contributed by atoms with Crippen LogP contribution in [0.1, 0.15) is 58.3 Å². The normalized spacial score (nSPS) is 28.7. The molecule has 1 aromatic heterocycles. The van der Waals surface area contributed by atoms with Crippen molar-refractivity contribution in [3.63, 3.8) is 0 Å². The summed E-state index contributed by atoms with van der Waals surface area (Å²) in [5.41, 5.74) is 1.63. The molecule has 2 amide bonds. The van der Waals surface area contributed by atoms with Crippen LogP contribution in [0.2, 0.25) is 0 Å². The van der Waals surface area contributed by atoms with Crippen molar-refractivity contribution in [1.29, 1.82) is 0 Å². The van der Waals surface area contributed by atoms with Crippen molar-refractivity contribution >= 4 is 22.8 Å². The highest BCUT2D eigenvalue weighted by Crippen LogP contribution is 2.52. The van der Waals surface area contributed by atoms with E-state index in [4.69, 9.17) is 0 Å². The number of nitrogens with zero attached hydrogens (tertiary/aromatic N) is 3. The molecule has 0 spiro atoms. The molecule has 6 heteroatoms. The van der Waals surface area contributed by atoms with Gasteiger partial charge in [-0.25, -0.2) is 4.98 Å². The number of amides is 2. The van der Waals surface area contributed by atoms with Crippen LogP contribution < -0.4 is 5.32 Å². The lowest BCUT2D eigenvalue weighted by Crippen LogP contribution is -2.53. The molecular formula is C23H30N4O2. The van der Waals surface area contributed by atoms with Crippen molar-refractivity contribution in [3.8, 4) is 0 Å². The standard InChI is InChI=1S/C23H30N4O2/c1-2-23(22(29)25-16-6-5-7-16)14-17-10-11-20(23)27(17)21(28)12-13-26-15-24-18-8-3-4-9-19(18)26/h3-4,8-9,15-17,20H,2,5-7,10-14H2,1H3,(H,25,29)/t17-,20+,23+/m1/s1. The minimum atomic E-state index is -0.393. The Balaban J connectivity index is 1.29. The first-order valence-electron chi connectivity index (χ1n) is 11.1. The topological polar surface area (TPSA) is 67.2 Å². The second-order valence-corrected chi connectivity index (χ2v) is 9.04. The molecule has 2 aromatic rings. The van der Waals surface area contributed by atoms with Gasteiger partial charge in [0.2, 0.25) is 11.8 Å². The number of hydrogen-bond acceptors (Lipinski definition) is 3. The van der Waals surface area contributed by atoms with Gasteiger partial charge in [-0.1, -0.05) is 19.1 Å². The molecule has 2 aliphatic heterocycles. The Labute approximate surface area is 171 Å². The number of nitrogens with one attached hydrogen (secondary N) is 1. The number of imidazole rings is 1. The van der Waals surface area contributed by atoms with Crippen LogP contribution >= 0.6 is 0 Å². The molecule has 29 heavy (non-hydrogen) atoms. The molecule has 6 nitrogen and oxygen atoms in total. The summed E-state index contributed by atoms with van der Waals surface area (Å²) in [6.07, 6.45) is 9.30. The average molecular weight is 395 g/mol. The van der Waals surface area contributed by atoms with E-state index < -0.39 is 5.41 Å². The maximum absolute atomic E-state index is 13.2. The van der Waals surface area contributed by atoms with E-state index >= 15 is 0 Å². The molecule has 1 saturated carbocycles. The predicted molar refractivity (Wildman–Crippen MR) is 111 cm³/mol. The third-order valence-electron chi connectivity index (χ3n) is 7.65. The van der Waals surface area contributed by atoms with E-state index in [0.717, 1.165) is 49.6 Å². The van der Waals surface area contributed by atoms with Gasteiger partial charge in [-0.05, 0) is 57.1 Å². The van der Waals surface area contributed by atoms with E-state index in [1.165, 1.54) is 6.42 Å². The van der Waals surface area contributed by atoms with Gasteiger partial charge in [0.1, 0.15) is 0 Å². The number of fused-ring (bicyclic) bond motifs is 3. The van der Waals surface area contributed by atoms with Crippen LogP contribution in [-0.4, -0.2) is 44.4 Å². The van der Waals surface area contributed by atoms with Crippen LogP contribution in [0.15, 0.2) is 30.6 Å². The molecule has 1 N–H and O–H groups in total. The van der Waals surface area contributed by atoms with E-state index in [0.29, 0.717) is 19.0 Å². The molecule has 2 saturated heterocycles. The smallest absolute Gasteiger partial charge is 0.228 e. The van der Waals surface area contributed by atoms with Gasteiger partial charge in [0.05, 0.1) is 22.8 Å². The van der Waals surface area contributed by atoms with Crippen molar-refractivity contribution in [2.24, 2.45) is 5.41 Å². The number of aryl methyl sites for hydroxylation is 1. The number of aromatic nitrogens is 2. The fraction of sp³-hybridized carbons (Fsp3) is 0.609. The molecule has 0 unspecified atom stereocenters. The SMILES string of the molecule is CC[C@]1(C(=O)NC2CCC2)C[C@H]2CC[C@@H]1N2C(=O)CCn1cnc2ccccc21. The summed E-state index contributed by atoms with van der Waals surface area (Å²) in [7, 11) is 0. The lowest BCUT2D eigenvalue weighted by Gasteiger charge is -2.38. The van der Waals surface area contributed by atoms with E-state index in [1.807, 2.05) is 30.6 Å². The highest BCUT2D eigenvalue weighted by molar-refractivity contribution is 5.87. The largest absolute Gasteiger partial charge is 0.353 e. The minimum absolute atomic E-state index is 0.0598. The first kappa shape index (κ1) is 18.6. The van der Waals surface area contributed by atoms with Crippen molar-refractivity contribution in [2.75, 3.05) is 0 Å². The molecule has 1 aromatic carbocycles. The quantitative estimate of drug-likeness (QED) is 0.818. The Hall–Kier alpha value is -2.37. The van der Waals surface area contributed by atoms with Gasteiger partial charge < -0.3 is 14.8 Å². The average Bonchev–Trinajstić information content (AvgIpc) is 3.40. The summed E-state index contributed by atoms with van der Waals surface area (Å²) in [6, 6.07) is 8.64. The number of rotatable bonds is 6. The lowest BCUT2D eigenvalue weighted by atomic mass is 9.70. The lowest BCUT2D eigenvalue weighted by molar-refractivity contribution is -0.137. The van der Waals surface area contributed by atoms with Crippen molar-refractivity contribution in [2.45, 2.75) is 83.0 Å². The molecule has 5 rings (SSSR count). The Morgan fingerprint density at radius 3 is 2.79 bits per heavy atom. The maximum atomic E-state index is 13.2. The van der Waals surface area contributed by atoms with Gasteiger partial charge in [-0.3, -0.25) is 9.59 Å². The van der Waals surface area contributed by atoms with Crippen molar-refractivity contribution in [3.05, 3.63) is 30.6 Å². The monoisotopic (exact) mass is 394 g/mol. The Bertz CT molecular complexity index is 934. The number of hydrogen-bond donors (Lipinski definition) is 1. The zero-order valence-corrected chi connectivity index (χ0v) is 17.1. The number of para-hydroxylation sites is 2. The van der Waals surface area contributed by atoms with Crippen LogP contribution in [-0.2, 0) is 16.1 Å². The molecule has 3 atom stereocenters. The molecule has 154 valence electrons. The number of carbonyl (C=O) groups is 2.